The van der Waals surface area contributed by atoms with Crippen LogP contribution < -0.4 is 0 Å². The fourth-order valence-electron chi connectivity index (χ4n) is 1.83. The number of hydrogen-bond donors (Lipinski definition) is 0. The summed E-state index contributed by atoms with van der Waals surface area (Å²) in [5, 5.41) is 0.967. The molecule has 3 nitrogen and oxygen atoms in total. The summed E-state index contributed by atoms with van der Waals surface area (Å²) in [7, 11) is 0. The zero-order chi connectivity index (χ0) is 9.54. The molecule has 70 valence electrons. The smallest absolute Gasteiger partial charge is 0.152 e. The summed E-state index contributed by atoms with van der Waals surface area (Å²) in [5.41, 5.74) is 1.69. The van der Waals surface area contributed by atoms with Crippen LogP contribution in [0.3, 0.4) is 0 Å². The number of pyridine rings is 1. The first-order chi connectivity index (χ1) is 6.90. The van der Waals surface area contributed by atoms with Gasteiger partial charge in [0, 0.05) is 29.4 Å². The Bertz CT molecular complexity index is 497. The van der Waals surface area contributed by atoms with E-state index in [1.807, 2.05) is 18.3 Å². The third kappa shape index (κ3) is 0.985. The maximum atomic E-state index is 10.8. The molecule has 1 saturated carbocycles. The molecule has 1 aliphatic rings. The quantitative estimate of drug-likeness (QED) is 0.674. The Balaban J connectivity index is 2.33. The number of rotatable bonds is 2. The van der Waals surface area contributed by atoms with E-state index in [1.165, 1.54) is 12.8 Å². The van der Waals surface area contributed by atoms with Gasteiger partial charge in [0.05, 0.1) is 0 Å². The summed E-state index contributed by atoms with van der Waals surface area (Å²) in [6.45, 7) is 0. The number of aromatic nitrogens is 2. The van der Waals surface area contributed by atoms with Gasteiger partial charge in [-0.15, -0.1) is 0 Å². The van der Waals surface area contributed by atoms with Crippen LogP contribution >= 0.6 is 0 Å². The first kappa shape index (κ1) is 7.74. The highest BCUT2D eigenvalue weighted by Crippen LogP contribution is 2.37. The van der Waals surface area contributed by atoms with E-state index in [2.05, 4.69) is 9.55 Å². The molecule has 0 atom stereocenters. The molecular weight excluding hydrogens is 176 g/mol. The van der Waals surface area contributed by atoms with Crippen LogP contribution in [0, 0.1) is 0 Å². The molecule has 0 N–H and O–H groups in total. The average molecular weight is 186 g/mol. The Labute approximate surface area is 81.4 Å². The summed E-state index contributed by atoms with van der Waals surface area (Å²) in [5.74, 6) is 0. The first-order valence-electron chi connectivity index (χ1n) is 4.81. The van der Waals surface area contributed by atoms with Gasteiger partial charge in [-0.05, 0) is 25.0 Å². The van der Waals surface area contributed by atoms with Crippen molar-refractivity contribution in [3.05, 3.63) is 30.1 Å². The standard InChI is InChI=1S/C11H10N2O/c14-7-8-6-13(9-3-4-9)11-10(8)2-1-5-12-11/h1-2,5-7,9H,3-4H2. The Morgan fingerprint density at radius 1 is 1.50 bits per heavy atom. The second kappa shape index (κ2) is 2.67. The molecular formula is C11H10N2O. The van der Waals surface area contributed by atoms with E-state index in [1.54, 1.807) is 6.20 Å². The zero-order valence-electron chi connectivity index (χ0n) is 7.68. The van der Waals surface area contributed by atoms with Crippen LogP contribution in [0.15, 0.2) is 24.5 Å². The summed E-state index contributed by atoms with van der Waals surface area (Å²) < 4.78 is 2.12. The van der Waals surface area contributed by atoms with Crippen molar-refractivity contribution in [2.75, 3.05) is 0 Å². The summed E-state index contributed by atoms with van der Waals surface area (Å²) in [4.78, 5) is 15.2. The Hall–Kier alpha value is -1.64. The summed E-state index contributed by atoms with van der Waals surface area (Å²) in [6, 6.07) is 4.39. The van der Waals surface area contributed by atoms with Gasteiger partial charge in [0.2, 0.25) is 0 Å². The molecule has 14 heavy (non-hydrogen) atoms. The molecule has 0 unspecified atom stereocenters. The molecule has 2 aromatic heterocycles. The Morgan fingerprint density at radius 2 is 2.36 bits per heavy atom. The maximum absolute atomic E-state index is 10.8. The van der Waals surface area contributed by atoms with Crippen LogP contribution in [-0.4, -0.2) is 15.8 Å². The predicted molar refractivity (Wildman–Crippen MR) is 53.4 cm³/mol. The molecule has 0 aromatic carbocycles. The van der Waals surface area contributed by atoms with Crippen molar-refractivity contribution in [3.8, 4) is 0 Å². The number of fused-ring (bicyclic) bond motifs is 1. The van der Waals surface area contributed by atoms with Crippen molar-refractivity contribution in [2.24, 2.45) is 0 Å². The van der Waals surface area contributed by atoms with Crippen molar-refractivity contribution in [2.45, 2.75) is 18.9 Å². The molecule has 0 aliphatic heterocycles. The summed E-state index contributed by atoms with van der Waals surface area (Å²) in [6.07, 6.45) is 7.01. The van der Waals surface area contributed by atoms with Gasteiger partial charge < -0.3 is 4.57 Å². The number of carbonyl (C=O) groups excluding carboxylic acids is 1. The average Bonchev–Trinajstić information content (AvgIpc) is 3.00. The lowest BCUT2D eigenvalue weighted by molar-refractivity contribution is 0.112. The monoisotopic (exact) mass is 186 g/mol. The van der Waals surface area contributed by atoms with Crippen LogP contribution in [-0.2, 0) is 0 Å². The Morgan fingerprint density at radius 3 is 3.07 bits per heavy atom. The maximum Gasteiger partial charge on any atom is 0.152 e. The van der Waals surface area contributed by atoms with Crippen molar-refractivity contribution < 1.29 is 4.79 Å². The molecule has 1 aliphatic carbocycles. The van der Waals surface area contributed by atoms with Gasteiger partial charge in [-0.2, -0.15) is 0 Å². The molecule has 0 amide bonds. The minimum Gasteiger partial charge on any atom is -0.329 e. The Kier molecular flexibility index (Phi) is 1.48. The number of nitrogens with zero attached hydrogens (tertiary/aromatic N) is 2. The predicted octanol–water partition coefficient (Wildman–Crippen LogP) is 2.18. The largest absolute Gasteiger partial charge is 0.329 e. The topological polar surface area (TPSA) is 34.9 Å². The molecule has 0 radical (unpaired) electrons. The fraction of sp³-hybridized carbons (Fsp3) is 0.273. The lowest BCUT2D eigenvalue weighted by Crippen LogP contribution is -1.91. The van der Waals surface area contributed by atoms with Crippen LogP contribution in [0.25, 0.3) is 11.0 Å². The van der Waals surface area contributed by atoms with E-state index in [4.69, 9.17) is 0 Å². The van der Waals surface area contributed by atoms with E-state index < -0.39 is 0 Å². The van der Waals surface area contributed by atoms with E-state index in [0.717, 1.165) is 22.9 Å². The number of hydrogen-bond acceptors (Lipinski definition) is 2. The van der Waals surface area contributed by atoms with Crippen LogP contribution in [0.1, 0.15) is 29.2 Å². The molecule has 0 bridgehead atoms. The molecule has 3 rings (SSSR count). The van der Waals surface area contributed by atoms with Gasteiger partial charge in [0.25, 0.3) is 0 Å². The van der Waals surface area contributed by atoms with Crippen molar-refractivity contribution in [3.63, 3.8) is 0 Å². The highest BCUT2D eigenvalue weighted by Gasteiger charge is 2.25. The van der Waals surface area contributed by atoms with Gasteiger partial charge in [0.15, 0.2) is 6.29 Å². The van der Waals surface area contributed by atoms with Gasteiger partial charge in [-0.25, -0.2) is 4.98 Å². The van der Waals surface area contributed by atoms with Crippen LogP contribution in [0.2, 0.25) is 0 Å². The molecule has 0 saturated heterocycles. The van der Waals surface area contributed by atoms with Gasteiger partial charge in [-0.3, -0.25) is 4.79 Å². The van der Waals surface area contributed by atoms with Crippen molar-refractivity contribution in [1.29, 1.82) is 0 Å². The third-order valence-corrected chi connectivity index (χ3v) is 2.69. The van der Waals surface area contributed by atoms with Crippen molar-refractivity contribution >= 4 is 17.3 Å². The van der Waals surface area contributed by atoms with E-state index in [9.17, 15) is 4.79 Å². The van der Waals surface area contributed by atoms with Crippen molar-refractivity contribution in [1.82, 2.24) is 9.55 Å². The third-order valence-electron chi connectivity index (χ3n) is 2.69. The highest BCUT2D eigenvalue weighted by atomic mass is 16.1. The van der Waals surface area contributed by atoms with Crippen LogP contribution in [0.4, 0.5) is 0 Å². The normalized spacial score (nSPS) is 16.0. The van der Waals surface area contributed by atoms with Gasteiger partial charge in [0.1, 0.15) is 5.65 Å². The number of aldehydes is 1. The second-order valence-electron chi connectivity index (χ2n) is 3.72. The number of carbonyl (C=O) groups is 1. The zero-order valence-corrected chi connectivity index (χ0v) is 7.68. The second-order valence-corrected chi connectivity index (χ2v) is 3.72. The SMILES string of the molecule is O=Cc1cn(C2CC2)c2ncccc12. The minimum absolute atomic E-state index is 0.570. The van der Waals surface area contributed by atoms with Crippen LogP contribution in [0.5, 0.6) is 0 Å². The lowest BCUT2D eigenvalue weighted by atomic mass is 10.2. The fourth-order valence-corrected chi connectivity index (χ4v) is 1.83. The molecule has 2 heterocycles. The summed E-state index contributed by atoms with van der Waals surface area (Å²) >= 11 is 0. The molecule has 2 aromatic rings. The molecule has 1 fully saturated rings. The van der Waals surface area contributed by atoms with Gasteiger partial charge >= 0.3 is 0 Å². The lowest BCUT2D eigenvalue weighted by Gasteiger charge is -1.99. The van der Waals surface area contributed by atoms with Gasteiger partial charge in [-0.1, -0.05) is 0 Å². The minimum atomic E-state index is 0.570. The first-order valence-corrected chi connectivity index (χ1v) is 4.81. The van der Waals surface area contributed by atoms with E-state index in [0.29, 0.717) is 6.04 Å². The van der Waals surface area contributed by atoms with E-state index >= 15 is 0 Å². The molecule has 3 heteroatoms. The highest BCUT2D eigenvalue weighted by molar-refractivity contribution is 5.96. The molecule has 0 spiro atoms. The van der Waals surface area contributed by atoms with E-state index in [-0.39, 0.29) is 0 Å².